The van der Waals surface area contributed by atoms with Crippen molar-refractivity contribution in [3.8, 4) is 0 Å². The number of hydrogen-bond donors (Lipinski definition) is 2. The third-order valence-corrected chi connectivity index (χ3v) is 5.18. The standard InChI is InChI=1S/C22H22N2O4/c1-13-6-3-4-7-16(13)24-22(26)28-21-14(2)23-17-8-5-9-18(25)20(17)19(21)15-10-11-27-12-15/h3-4,6-7,10-12,19,23H,5,8-9H2,1-2H3,(H,24,26). The average molecular weight is 378 g/mol. The zero-order valence-corrected chi connectivity index (χ0v) is 15.9. The lowest BCUT2D eigenvalue weighted by Crippen LogP contribution is -2.33. The molecule has 1 aromatic carbocycles. The van der Waals surface area contributed by atoms with Crippen molar-refractivity contribution in [2.45, 2.75) is 39.0 Å². The molecule has 2 heterocycles. The number of allylic oxidation sites excluding steroid dienone is 3. The topological polar surface area (TPSA) is 80.6 Å². The van der Waals surface area contributed by atoms with Gasteiger partial charge in [0.15, 0.2) is 5.78 Å². The summed E-state index contributed by atoms with van der Waals surface area (Å²) in [7, 11) is 0. The molecule has 144 valence electrons. The zero-order valence-electron chi connectivity index (χ0n) is 15.9. The molecule has 0 fully saturated rings. The lowest BCUT2D eigenvalue weighted by Gasteiger charge is -2.33. The van der Waals surface area contributed by atoms with E-state index in [1.54, 1.807) is 18.6 Å². The van der Waals surface area contributed by atoms with Gasteiger partial charge in [0.1, 0.15) is 5.76 Å². The highest BCUT2D eigenvalue weighted by Gasteiger charge is 2.38. The number of Topliss-reactive ketones (excluding diaryl/α,β-unsaturated/α-hetero) is 1. The van der Waals surface area contributed by atoms with Crippen molar-refractivity contribution < 1.29 is 18.7 Å². The number of aryl methyl sites for hydroxylation is 1. The van der Waals surface area contributed by atoms with Crippen molar-refractivity contribution >= 4 is 17.6 Å². The number of carbonyl (C=O) groups is 2. The number of amides is 1. The molecule has 1 aromatic heterocycles. The molecule has 2 N–H and O–H groups in total. The van der Waals surface area contributed by atoms with E-state index >= 15 is 0 Å². The van der Waals surface area contributed by atoms with Crippen LogP contribution in [0.1, 0.15) is 43.2 Å². The first-order chi connectivity index (χ1) is 13.5. The number of nitrogens with one attached hydrogen (secondary N) is 2. The lowest BCUT2D eigenvalue weighted by atomic mass is 9.79. The number of ketones is 1. The van der Waals surface area contributed by atoms with E-state index in [1.807, 2.05) is 38.1 Å². The lowest BCUT2D eigenvalue weighted by molar-refractivity contribution is -0.116. The van der Waals surface area contributed by atoms with Gasteiger partial charge in [-0.15, -0.1) is 0 Å². The summed E-state index contributed by atoms with van der Waals surface area (Å²) in [4.78, 5) is 25.3. The Kier molecular flexibility index (Phi) is 4.77. The van der Waals surface area contributed by atoms with E-state index in [-0.39, 0.29) is 5.78 Å². The van der Waals surface area contributed by atoms with E-state index < -0.39 is 12.0 Å². The summed E-state index contributed by atoms with van der Waals surface area (Å²) in [5, 5.41) is 6.05. The van der Waals surface area contributed by atoms with Gasteiger partial charge in [0.2, 0.25) is 0 Å². The number of para-hydroxylation sites is 1. The fraction of sp³-hybridized carbons (Fsp3) is 0.273. The first kappa shape index (κ1) is 18.1. The molecule has 0 spiro atoms. The largest absolute Gasteiger partial charge is 0.472 e. The number of benzene rings is 1. The molecule has 6 nitrogen and oxygen atoms in total. The molecule has 1 aliphatic carbocycles. The second-order valence-corrected chi connectivity index (χ2v) is 7.10. The van der Waals surface area contributed by atoms with Crippen molar-refractivity contribution in [3.63, 3.8) is 0 Å². The predicted molar refractivity (Wildman–Crippen MR) is 104 cm³/mol. The van der Waals surface area contributed by atoms with Crippen LogP contribution in [0.5, 0.6) is 0 Å². The van der Waals surface area contributed by atoms with Crippen molar-refractivity contribution in [1.82, 2.24) is 5.32 Å². The van der Waals surface area contributed by atoms with Crippen molar-refractivity contribution in [2.24, 2.45) is 0 Å². The second kappa shape index (κ2) is 7.38. The minimum atomic E-state index is -0.591. The van der Waals surface area contributed by atoms with Crippen LogP contribution in [-0.4, -0.2) is 11.9 Å². The van der Waals surface area contributed by atoms with Gasteiger partial charge in [-0.25, -0.2) is 4.79 Å². The zero-order chi connectivity index (χ0) is 19.7. The smallest absolute Gasteiger partial charge is 0.416 e. The quantitative estimate of drug-likeness (QED) is 0.805. The van der Waals surface area contributed by atoms with Crippen molar-refractivity contribution in [2.75, 3.05) is 5.32 Å². The van der Waals surface area contributed by atoms with Gasteiger partial charge in [-0.05, 0) is 44.4 Å². The monoisotopic (exact) mass is 378 g/mol. The van der Waals surface area contributed by atoms with Gasteiger partial charge < -0.3 is 14.5 Å². The maximum Gasteiger partial charge on any atom is 0.416 e. The van der Waals surface area contributed by atoms with Crippen LogP contribution in [0.3, 0.4) is 0 Å². The molecule has 6 heteroatoms. The third kappa shape index (κ3) is 3.33. The highest BCUT2D eigenvalue weighted by Crippen LogP contribution is 2.42. The van der Waals surface area contributed by atoms with E-state index in [1.165, 1.54) is 0 Å². The van der Waals surface area contributed by atoms with Crippen LogP contribution >= 0.6 is 0 Å². The van der Waals surface area contributed by atoms with Crippen molar-refractivity contribution in [3.05, 3.63) is 76.7 Å². The van der Waals surface area contributed by atoms with Crippen LogP contribution in [0, 0.1) is 6.92 Å². The number of carbonyl (C=O) groups excluding carboxylic acids is 2. The summed E-state index contributed by atoms with van der Waals surface area (Å²) in [6, 6.07) is 9.28. The Labute approximate surface area is 163 Å². The number of hydrogen-bond acceptors (Lipinski definition) is 5. The molecule has 28 heavy (non-hydrogen) atoms. The van der Waals surface area contributed by atoms with Gasteiger partial charge in [-0.3, -0.25) is 10.1 Å². The molecule has 2 aromatic rings. The van der Waals surface area contributed by atoms with Gasteiger partial charge >= 0.3 is 6.09 Å². The number of rotatable bonds is 3. The van der Waals surface area contributed by atoms with E-state index in [9.17, 15) is 9.59 Å². The highest BCUT2D eigenvalue weighted by molar-refractivity contribution is 5.99. The maximum absolute atomic E-state index is 12.7. The van der Waals surface area contributed by atoms with Crippen LogP contribution in [0.2, 0.25) is 0 Å². The Morgan fingerprint density at radius 1 is 1.21 bits per heavy atom. The fourth-order valence-corrected chi connectivity index (χ4v) is 3.81. The van der Waals surface area contributed by atoms with Crippen LogP contribution in [0.4, 0.5) is 10.5 Å². The second-order valence-electron chi connectivity index (χ2n) is 7.10. The van der Waals surface area contributed by atoms with E-state index in [4.69, 9.17) is 9.15 Å². The molecule has 1 atom stereocenters. The summed E-state index contributed by atoms with van der Waals surface area (Å²) >= 11 is 0. The Hall–Kier alpha value is -3.28. The maximum atomic E-state index is 12.7. The van der Waals surface area contributed by atoms with Crippen LogP contribution < -0.4 is 10.6 Å². The van der Waals surface area contributed by atoms with Crippen LogP contribution in [0.15, 0.2) is 70.0 Å². The van der Waals surface area contributed by atoms with Crippen molar-refractivity contribution in [1.29, 1.82) is 0 Å². The highest BCUT2D eigenvalue weighted by atomic mass is 16.6. The molecule has 1 unspecified atom stereocenters. The molecule has 0 saturated carbocycles. The Morgan fingerprint density at radius 3 is 2.79 bits per heavy atom. The van der Waals surface area contributed by atoms with E-state index in [0.717, 1.165) is 35.4 Å². The van der Waals surface area contributed by atoms with E-state index in [2.05, 4.69) is 10.6 Å². The number of furan rings is 1. The molecule has 1 amide bonds. The van der Waals surface area contributed by atoms with E-state index in [0.29, 0.717) is 23.4 Å². The molecular formula is C22H22N2O4. The molecule has 0 radical (unpaired) electrons. The predicted octanol–water partition coefficient (Wildman–Crippen LogP) is 4.76. The number of dihydropyridines is 1. The minimum absolute atomic E-state index is 0.0767. The molecular weight excluding hydrogens is 356 g/mol. The fourth-order valence-electron chi connectivity index (χ4n) is 3.81. The van der Waals surface area contributed by atoms with Gasteiger partial charge in [0.25, 0.3) is 0 Å². The van der Waals surface area contributed by atoms with Gasteiger partial charge in [0, 0.05) is 28.9 Å². The molecule has 0 bridgehead atoms. The van der Waals surface area contributed by atoms with Crippen LogP contribution in [-0.2, 0) is 9.53 Å². The normalized spacial score (nSPS) is 19.2. The summed E-state index contributed by atoms with van der Waals surface area (Å²) < 4.78 is 11.0. The molecule has 1 aliphatic heterocycles. The third-order valence-electron chi connectivity index (χ3n) is 5.18. The first-order valence-electron chi connectivity index (χ1n) is 9.35. The first-order valence-corrected chi connectivity index (χ1v) is 9.35. The molecule has 2 aliphatic rings. The SMILES string of the molecule is CC1=C(OC(=O)Nc2ccccc2C)C(c2ccoc2)C2=C(CCCC2=O)N1. The summed E-state index contributed by atoms with van der Waals surface area (Å²) in [5.74, 6) is 0.0415. The summed E-state index contributed by atoms with van der Waals surface area (Å²) in [6.07, 6.45) is 4.68. The molecule has 0 saturated heterocycles. The Balaban J connectivity index is 1.65. The summed E-state index contributed by atoms with van der Waals surface area (Å²) in [6.45, 7) is 3.76. The number of ether oxygens (including phenoxy) is 1. The molecule has 4 rings (SSSR count). The van der Waals surface area contributed by atoms with Gasteiger partial charge in [0.05, 0.1) is 24.1 Å². The summed E-state index contributed by atoms with van der Waals surface area (Å²) in [5.41, 5.74) is 4.71. The van der Waals surface area contributed by atoms with Gasteiger partial charge in [-0.1, -0.05) is 18.2 Å². The van der Waals surface area contributed by atoms with Crippen LogP contribution in [0.25, 0.3) is 0 Å². The Bertz CT molecular complexity index is 986. The minimum Gasteiger partial charge on any atom is -0.472 e. The van der Waals surface area contributed by atoms with Gasteiger partial charge in [-0.2, -0.15) is 0 Å². The average Bonchev–Trinajstić information content (AvgIpc) is 3.19. The Morgan fingerprint density at radius 2 is 2.04 bits per heavy atom. The number of anilines is 1.